The van der Waals surface area contributed by atoms with Crippen molar-refractivity contribution in [3.05, 3.63) is 18.1 Å². The van der Waals surface area contributed by atoms with Crippen molar-refractivity contribution in [3.8, 4) is 0 Å². The van der Waals surface area contributed by atoms with Crippen molar-refractivity contribution in [2.45, 2.75) is 77.5 Å². The number of ether oxygens (including phenoxy) is 4. The number of anilines is 1. The van der Waals surface area contributed by atoms with Crippen LogP contribution in [0.3, 0.4) is 0 Å². The molecule has 2 aromatic rings. The van der Waals surface area contributed by atoms with Gasteiger partial charge in [-0.25, -0.2) is 14.8 Å². The summed E-state index contributed by atoms with van der Waals surface area (Å²) in [5, 5.41) is 0.741. The second-order valence-electron chi connectivity index (χ2n) is 9.52. The maximum atomic E-state index is 12.6. The first-order valence-corrected chi connectivity index (χ1v) is 10.4. The van der Waals surface area contributed by atoms with Crippen molar-refractivity contribution in [1.82, 2.24) is 14.5 Å². The van der Waals surface area contributed by atoms with Gasteiger partial charge in [0.15, 0.2) is 17.8 Å². The topological polar surface area (TPSA) is 114 Å². The van der Waals surface area contributed by atoms with Gasteiger partial charge < -0.3 is 29.2 Å². The number of fused-ring (bicyclic) bond motifs is 2. The molecular weight excluding hydrogens is 402 g/mol. The maximum absolute atomic E-state index is 12.6. The quantitative estimate of drug-likeness (QED) is 0.785. The zero-order valence-corrected chi connectivity index (χ0v) is 19.1. The van der Waals surface area contributed by atoms with Crippen LogP contribution in [0.1, 0.15) is 46.4 Å². The molecule has 2 aliphatic heterocycles. The van der Waals surface area contributed by atoms with Crippen LogP contribution in [0.25, 0.3) is 11.0 Å². The number of carbonyl (C=O) groups is 1. The predicted octanol–water partition coefficient (Wildman–Crippen LogP) is 2.49. The predicted molar refractivity (Wildman–Crippen MR) is 114 cm³/mol. The lowest BCUT2D eigenvalue weighted by Gasteiger charge is -2.25. The van der Waals surface area contributed by atoms with Crippen molar-refractivity contribution < 1.29 is 23.7 Å². The van der Waals surface area contributed by atoms with Crippen LogP contribution in [0.5, 0.6) is 0 Å². The Morgan fingerprint density at radius 3 is 2.61 bits per heavy atom. The molecule has 2 fully saturated rings. The zero-order chi connectivity index (χ0) is 22.7. The minimum absolute atomic E-state index is 0.270. The van der Waals surface area contributed by atoms with Crippen molar-refractivity contribution in [2.24, 2.45) is 5.73 Å². The lowest BCUT2D eigenvalue weighted by atomic mass is 10.1. The molecule has 4 atom stereocenters. The molecule has 0 aromatic carbocycles. The maximum Gasteiger partial charge on any atom is 0.415 e. The van der Waals surface area contributed by atoms with Crippen molar-refractivity contribution in [3.63, 3.8) is 0 Å². The SMILES string of the molecule is Cc1cn([C@@H]2OC(CN)[C@H]3OC(C)(C)O[C@H]32)c2ncnc(N(C)C(=O)OC(C)(C)C)c12. The molecule has 170 valence electrons. The number of carbonyl (C=O) groups excluding carboxylic acids is 1. The van der Waals surface area contributed by atoms with Gasteiger partial charge in [0, 0.05) is 19.8 Å². The summed E-state index contributed by atoms with van der Waals surface area (Å²) in [4.78, 5) is 22.9. The van der Waals surface area contributed by atoms with Crippen LogP contribution < -0.4 is 10.6 Å². The van der Waals surface area contributed by atoms with E-state index in [4.69, 9.17) is 24.7 Å². The number of aryl methyl sites for hydroxylation is 1. The van der Waals surface area contributed by atoms with E-state index in [9.17, 15) is 4.79 Å². The van der Waals surface area contributed by atoms with Gasteiger partial charge in [0.05, 0.1) is 5.39 Å². The molecule has 4 rings (SSSR count). The Morgan fingerprint density at radius 2 is 1.97 bits per heavy atom. The number of nitrogens with two attached hydrogens (primary N) is 1. The van der Waals surface area contributed by atoms with Gasteiger partial charge in [-0.1, -0.05) is 0 Å². The molecule has 0 radical (unpaired) electrons. The first kappa shape index (κ1) is 21.9. The largest absolute Gasteiger partial charge is 0.443 e. The van der Waals surface area contributed by atoms with Gasteiger partial charge in [0.2, 0.25) is 0 Å². The van der Waals surface area contributed by atoms with Gasteiger partial charge in [-0.05, 0) is 47.1 Å². The Balaban J connectivity index is 1.73. The average Bonchev–Trinajstić information content (AvgIpc) is 3.27. The summed E-state index contributed by atoms with van der Waals surface area (Å²) < 4.78 is 25.8. The zero-order valence-electron chi connectivity index (χ0n) is 19.1. The summed E-state index contributed by atoms with van der Waals surface area (Å²) in [6.07, 6.45) is 1.51. The number of hydrogen-bond acceptors (Lipinski definition) is 8. The highest BCUT2D eigenvalue weighted by Crippen LogP contribution is 2.44. The van der Waals surface area contributed by atoms with Crippen molar-refractivity contribution in [2.75, 3.05) is 18.5 Å². The Morgan fingerprint density at radius 1 is 1.29 bits per heavy atom. The third-order valence-electron chi connectivity index (χ3n) is 5.40. The molecule has 4 heterocycles. The van der Waals surface area contributed by atoms with E-state index in [1.807, 2.05) is 52.3 Å². The van der Waals surface area contributed by atoms with Crippen LogP contribution in [-0.2, 0) is 18.9 Å². The summed E-state index contributed by atoms with van der Waals surface area (Å²) in [6, 6.07) is 0. The summed E-state index contributed by atoms with van der Waals surface area (Å²) in [6.45, 7) is 11.5. The van der Waals surface area contributed by atoms with E-state index < -0.39 is 23.7 Å². The molecular formula is C21H31N5O5. The number of rotatable bonds is 3. The smallest absolute Gasteiger partial charge is 0.415 e. The first-order valence-electron chi connectivity index (χ1n) is 10.4. The molecule has 0 bridgehead atoms. The van der Waals surface area contributed by atoms with E-state index in [1.54, 1.807) is 7.05 Å². The van der Waals surface area contributed by atoms with Crippen LogP contribution in [0.4, 0.5) is 10.6 Å². The molecule has 2 saturated heterocycles. The second kappa shape index (κ2) is 7.40. The van der Waals surface area contributed by atoms with Gasteiger partial charge in [0.25, 0.3) is 0 Å². The van der Waals surface area contributed by atoms with Gasteiger partial charge in [-0.2, -0.15) is 0 Å². The van der Waals surface area contributed by atoms with E-state index in [-0.39, 0.29) is 18.3 Å². The van der Waals surface area contributed by atoms with E-state index >= 15 is 0 Å². The molecule has 1 amide bonds. The molecule has 2 N–H and O–H groups in total. The summed E-state index contributed by atoms with van der Waals surface area (Å²) in [7, 11) is 1.63. The van der Waals surface area contributed by atoms with Crippen molar-refractivity contribution in [1.29, 1.82) is 0 Å². The summed E-state index contributed by atoms with van der Waals surface area (Å²) >= 11 is 0. The van der Waals surface area contributed by atoms with Gasteiger partial charge in [-0.3, -0.25) is 4.90 Å². The highest BCUT2D eigenvalue weighted by molar-refractivity contribution is 5.99. The Labute approximate surface area is 181 Å². The normalized spacial score (nSPS) is 27.5. The molecule has 10 nitrogen and oxygen atoms in total. The number of hydrogen-bond donors (Lipinski definition) is 1. The molecule has 31 heavy (non-hydrogen) atoms. The number of aromatic nitrogens is 3. The van der Waals surface area contributed by atoms with Crippen molar-refractivity contribution >= 4 is 22.9 Å². The van der Waals surface area contributed by atoms with Gasteiger partial charge >= 0.3 is 6.09 Å². The Kier molecular flexibility index (Phi) is 5.24. The van der Waals surface area contributed by atoms with Gasteiger partial charge in [0.1, 0.15) is 35.9 Å². The molecule has 1 unspecified atom stereocenters. The molecule has 0 aliphatic carbocycles. The summed E-state index contributed by atoms with van der Waals surface area (Å²) in [5.74, 6) is -0.260. The minimum atomic E-state index is -0.722. The third-order valence-corrected chi connectivity index (χ3v) is 5.40. The fourth-order valence-corrected chi connectivity index (χ4v) is 4.19. The number of amides is 1. The molecule has 0 spiro atoms. The van der Waals surface area contributed by atoms with Crippen LogP contribution in [0.15, 0.2) is 12.5 Å². The lowest BCUT2D eigenvalue weighted by molar-refractivity contribution is -0.195. The molecule has 2 aliphatic rings. The van der Waals surface area contributed by atoms with E-state index in [0.717, 1.165) is 10.9 Å². The van der Waals surface area contributed by atoms with Crippen LogP contribution >= 0.6 is 0 Å². The highest BCUT2D eigenvalue weighted by atomic mass is 16.8. The van der Waals surface area contributed by atoms with E-state index in [0.29, 0.717) is 18.0 Å². The lowest BCUT2D eigenvalue weighted by Crippen LogP contribution is -2.34. The molecule has 2 aromatic heterocycles. The van der Waals surface area contributed by atoms with Crippen LogP contribution in [-0.4, -0.2) is 63.9 Å². The van der Waals surface area contributed by atoms with Gasteiger partial charge in [-0.15, -0.1) is 0 Å². The minimum Gasteiger partial charge on any atom is -0.443 e. The molecule has 0 saturated carbocycles. The average molecular weight is 434 g/mol. The van der Waals surface area contributed by atoms with E-state index in [1.165, 1.54) is 11.2 Å². The summed E-state index contributed by atoms with van der Waals surface area (Å²) in [5.41, 5.74) is 6.85. The van der Waals surface area contributed by atoms with E-state index in [2.05, 4.69) is 9.97 Å². The first-order chi connectivity index (χ1) is 14.4. The third kappa shape index (κ3) is 3.89. The fourth-order valence-electron chi connectivity index (χ4n) is 4.19. The fraction of sp³-hybridized carbons (Fsp3) is 0.667. The highest BCUT2D eigenvalue weighted by Gasteiger charge is 2.55. The Hall–Kier alpha value is -2.27. The number of nitrogens with zero attached hydrogens (tertiary/aromatic N) is 4. The molecule has 10 heteroatoms. The Bertz CT molecular complexity index is 998. The second-order valence-corrected chi connectivity index (χ2v) is 9.52. The monoisotopic (exact) mass is 433 g/mol. The standard InChI is InChI=1S/C21H31N5O5/c1-11-9-26(18-15-14(12(8-22)28-18)29-21(5,6)30-15)17-13(11)16(23-10-24-17)25(7)19(27)31-20(2,3)4/h9-10,12,14-15,18H,8,22H2,1-7H3/t12?,14-,15-,18-/m1/s1. The van der Waals surface area contributed by atoms with Crippen LogP contribution in [0, 0.1) is 6.92 Å². The van der Waals surface area contributed by atoms with Crippen LogP contribution in [0.2, 0.25) is 0 Å².